The molecule has 0 spiro atoms. The quantitative estimate of drug-likeness (QED) is 0.581. The van der Waals surface area contributed by atoms with Gasteiger partial charge < -0.3 is 9.64 Å². The minimum atomic E-state index is -0.293. The molecule has 2 aliphatic heterocycles. The second-order valence-corrected chi connectivity index (χ2v) is 8.46. The Morgan fingerprint density at radius 2 is 1.68 bits per heavy atom. The molecule has 2 aliphatic rings. The topological polar surface area (TPSA) is 49.9 Å². The number of nitrogens with zero attached hydrogens (tertiary/aromatic N) is 2. The number of hydrogen-bond acceptors (Lipinski definition) is 4. The van der Waals surface area contributed by atoms with Crippen LogP contribution in [0.4, 0.5) is 5.69 Å². The maximum atomic E-state index is 13.6. The van der Waals surface area contributed by atoms with E-state index < -0.39 is 0 Å². The van der Waals surface area contributed by atoms with Gasteiger partial charge in [-0.25, -0.2) is 4.90 Å². The summed E-state index contributed by atoms with van der Waals surface area (Å²) in [5.41, 5.74) is 3.06. The molecule has 0 bridgehead atoms. The van der Waals surface area contributed by atoms with Gasteiger partial charge in [-0.2, -0.15) is 0 Å². The Balaban J connectivity index is 1.76. The molecule has 2 heterocycles. The van der Waals surface area contributed by atoms with Crippen molar-refractivity contribution >= 4 is 34.7 Å². The van der Waals surface area contributed by atoms with Crippen LogP contribution >= 0.6 is 11.6 Å². The van der Waals surface area contributed by atoms with Crippen LogP contribution in [0.1, 0.15) is 43.7 Å². The highest BCUT2D eigenvalue weighted by Gasteiger charge is 2.43. The molecule has 0 aliphatic carbocycles. The smallest absolute Gasteiger partial charge is 0.282 e. The summed E-state index contributed by atoms with van der Waals surface area (Å²) < 4.78 is 5.68. The molecule has 6 heteroatoms. The first-order valence-electron chi connectivity index (χ1n) is 10.9. The summed E-state index contributed by atoms with van der Waals surface area (Å²) in [6.45, 7) is 6.12. The summed E-state index contributed by atoms with van der Waals surface area (Å²) in [7, 11) is 0. The van der Waals surface area contributed by atoms with Crippen LogP contribution in [0, 0.1) is 6.92 Å². The number of halogens is 1. The Labute approximate surface area is 188 Å². The van der Waals surface area contributed by atoms with E-state index in [-0.39, 0.29) is 11.8 Å². The molecule has 0 saturated carbocycles. The van der Waals surface area contributed by atoms with Gasteiger partial charge in [0.05, 0.1) is 17.9 Å². The van der Waals surface area contributed by atoms with Crippen LogP contribution in [0.15, 0.2) is 48.2 Å². The predicted octanol–water partition coefficient (Wildman–Crippen LogP) is 5.21. The minimum Gasteiger partial charge on any atom is -0.494 e. The van der Waals surface area contributed by atoms with Crippen LogP contribution in [0.5, 0.6) is 5.75 Å². The second-order valence-electron chi connectivity index (χ2n) is 8.02. The van der Waals surface area contributed by atoms with E-state index in [1.807, 2.05) is 31.2 Å². The molecule has 0 aromatic heterocycles. The van der Waals surface area contributed by atoms with Crippen molar-refractivity contribution in [2.24, 2.45) is 0 Å². The molecule has 1 fully saturated rings. The number of imide groups is 1. The average Bonchev–Trinajstić information content (AvgIpc) is 3.03. The van der Waals surface area contributed by atoms with E-state index in [0.29, 0.717) is 28.6 Å². The predicted molar refractivity (Wildman–Crippen MR) is 123 cm³/mol. The molecular weight excluding hydrogens is 412 g/mol. The van der Waals surface area contributed by atoms with Crippen molar-refractivity contribution in [3.63, 3.8) is 0 Å². The van der Waals surface area contributed by atoms with E-state index in [9.17, 15) is 9.59 Å². The van der Waals surface area contributed by atoms with Gasteiger partial charge in [0.15, 0.2) is 0 Å². The van der Waals surface area contributed by atoms with Crippen molar-refractivity contribution in [3.05, 3.63) is 64.3 Å². The molecular formula is C25H27ClN2O3. The fourth-order valence-electron chi connectivity index (χ4n) is 4.22. The third kappa shape index (κ3) is 4.19. The van der Waals surface area contributed by atoms with Gasteiger partial charge >= 0.3 is 0 Å². The van der Waals surface area contributed by atoms with Crippen LogP contribution < -0.4 is 9.64 Å². The number of ether oxygens (including phenoxy) is 1. The van der Waals surface area contributed by atoms with Crippen molar-refractivity contribution in [2.75, 3.05) is 24.6 Å². The second kappa shape index (κ2) is 9.15. The first-order chi connectivity index (χ1) is 15.0. The molecule has 0 atom stereocenters. The third-order valence-electron chi connectivity index (χ3n) is 5.75. The number of carbonyl (C=O) groups is 2. The van der Waals surface area contributed by atoms with Crippen LogP contribution in [-0.4, -0.2) is 36.4 Å². The van der Waals surface area contributed by atoms with Gasteiger partial charge in [-0.05, 0) is 74.1 Å². The highest BCUT2D eigenvalue weighted by molar-refractivity contribution is 6.45. The van der Waals surface area contributed by atoms with Crippen LogP contribution in [0.2, 0.25) is 5.02 Å². The van der Waals surface area contributed by atoms with E-state index >= 15 is 0 Å². The molecule has 4 rings (SSSR count). The van der Waals surface area contributed by atoms with Gasteiger partial charge in [0, 0.05) is 18.1 Å². The van der Waals surface area contributed by atoms with Gasteiger partial charge in [-0.1, -0.05) is 30.7 Å². The maximum absolute atomic E-state index is 13.6. The molecule has 0 radical (unpaired) electrons. The van der Waals surface area contributed by atoms with Crippen molar-refractivity contribution in [1.29, 1.82) is 0 Å². The Hall–Kier alpha value is -2.79. The van der Waals surface area contributed by atoms with Gasteiger partial charge in [0.1, 0.15) is 11.4 Å². The van der Waals surface area contributed by atoms with Gasteiger partial charge in [-0.15, -0.1) is 0 Å². The molecule has 162 valence electrons. The highest BCUT2D eigenvalue weighted by atomic mass is 35.5. The van der Waals surface area contributed by atoms with Gasteiger partial charge in [-0.3, -0.25) is 9.59 Å². The molecule has 0 N–H and O–H groups in total. The number of carbonyl (C=O) groups excluding carboxylic acids is 2. The molecule has 31 heavy (non-hydrogen) atoms. The normalized spacial score (nSPS) is 17.0. The first kappa shape index (κ1) is 21.4. The SMILES string of the molecule is CCCOc1ccc(C2=C(N3CCCCC3)C(=O)N(c3ccc(Cl)cc3C)C2=O)cc1. The summed E-state index contributed by atoms with van der Waals surface area (Å²) in [5.74, 6) is 0.199. The zero-order chi connectivity index (χ0) is 22.0. The Morgan fingerprint density at radius 3 is 2.32 bits per heavy atom. The lowest BCUT2D eigenvalue weighted by Crippen LogP contribution is -2.37. The summed E-state index contributed by atoms with van der Waals surface area (Å²) in [4.78, 5) is 30.6. The largest absolute Gasteiger partial charge is 0.494 e. The number of likely N-dealkylation sites (tertiary alicyclic amines) is 1. The minimum absolute atomic E-state index is 0.265. The van der Waals surface area contributed by atoms with Crippen molar-refractivity contribution in [1.82, 2.24) is 4.90 Å². The van der Waals surface area contributed by atoms with Gasteiger partial charge in [0.25, 0.3) is 11.8 Å². The van der Waals surface area contributed by atoms with Crippen molar-refractivity contribution < 1.29 is 14.3 Å². The molecule has 0 unspecified atom stereocenters. The van der Waals surface area contributed by atoms with E-state index in [1.165, 1.54) is 4.90 Å². The van der Waals surface area contributed by atoms with Crippen molar-refractivity contribution in [3.8, 4) is 5.75 Å². The number of hydrogen-bond donors (Lipinski definition) is 0. The zero-order valence-electron chi connectivity index (χ0n) is 18.0. The van der Waals surface area contributed by atoms with E-state index in [4.69, 9.17) is 16.3 Å². The number of aryl methyl sites for hydroxylation is 1. The maximum Gasteiger partial charge on any atom is 0.282 e. The summed E-state index contributed by atoms with van der Waals surface area (Å²) in [6, 6.07) is 12.7. The number of rotatable bonds is 6. The third-order valence-corrected chi connectivity index (χ3v) is 5.98. The van der Waals surface area contributed by atoms with E-state index in [2.05, 4.69) is 11.8 Å². The van der Waals surface area contributed by atoms with Crippen LogP contribution in [-0.2, 0) is 9.59 Å². The lowest BCUT2D eigenvalue weighted by Gasteiger charge is -2.29. The summed E-state index contributed by atoms with van der Waals surface area (Å²) in [5, 5.41) is 0.576. The highest BCUT2D eigenvalue weighted by Crippen LogP contribution is 2.37. The van der Waals surface area contributed by atoms with Crippen LogP contribution in [0.25, 0.3) is 5.57 Å². The molecule has 5 nitrogen and oxygen atoms in total. The Kier molecular flexibility index (Phi) is 6.33. The first-order valence-corrected chi connectivity index (χ1v) is 11.3. The monoisotopic (exact) mass is 438 g/mol. The summed E-state index contributed by atoms with van der Waals surface area (Å²) in [6.07, 6.45) is 4.10. The lowest BCUT2D eigenvalue weighted by atomic mass is 10.0. The molecule has 2 aromatic rings. The molecule has 2 aromatic carbocycles. The number of anilines is 1. The zero-order valence-corrected chi connectivity index (χ0v) is 18.7. The number of benzene rings is 2. The fourth-order valence-corrected chi connectivity index (χ4v) is 4.44. The Morgan fingerprint density at radius 1 is 0.968 bits per heavy atom. The van der Waals surface area contributed by atoms with Crippen molar-refractivity contribution in [2.45, 2.75) is 39.5 Å². The Bertz CT molecular complexity index is 1020. The number of amides is 2. The fraction of sp³-hybridized carbons (Fsp3) is 0.360. The van der Waals surface area contributed by atoms with Gasteiger partial charge in [0.2, 0.25) is 0 Å². The lowest BCUT2D eigenvalue weighted by molar-refractivity contribution is -0.120. The standard InChI is InChI=1S/C25H27ClN2O3/c1-3-15-31-20-10-7-18(8-11-20)22-23(27-13-5-4-6-14-27)25(30)28(24(22)29)21-12-9-19(26)16-17(21)2/h7-12,16H,3-6,13-15H2,1-2H3. The van der Waals surface area contributed by atoms with E-state index in [1.54, 1.807) is 18.2 Å². The average molecular weight is 439 g/mol. The number of piperidine rings is 1. The summed E-state index contributed by atoms with van der Waals surface area (Å²) >= 11 is 6.10. The van der Waals surface area contributed by atoms with E-state index in [0.717, 1.165) is 55.6 Å². The molecule has 2 amide bonds. The molecule has 1 saturated heterocycles. The van der Waals surface area contributed by atoms with Crippen LogP contribution in [0.3, 0.4) is 0 Å².